The van der Waals surface area contributed by atoms with E-state index >= 15 is 0 Å². The topological polar surface area (TPSA) is 30.0 Å². The first-order valence-corrected chi connectivity index (χ1v) is 4.89. The molecule has 0 saturated carbocycles. The Kier molecular flexibility index (Phi) is 3.10. The molecular weight excluding hydrogens is 198 g/mol. The maximum atomic E-state index is 11.6. The molecule has 16 heavy (non-hydrogen) atoms. The smallest absolute Gasteiger partial charge is 0.236 e. The van der Waals surface area contributed by atoms with Crippen LogP contribution in [0.15, 0.2) is 54.7 Å². The van der Waals surface area contributed by atoms with Crippen molar-refractivity contribution in [2.45, 2.75) is 0 Å². The summed E-state index contributed by atoms with van der Waals surface area (Å²) < 4.78 is 0. The van der Waals surface area contributed by atoms with Crippen molar-refractivity contribution in [2.24, 2.45) is 0 Å². The Hall–Kier alpha value is -2.40. The first-order valence-electron chi connectivity index (χ1n) is 4.89. The number of carbonyl (C=O) groups excluding carboxylic acids is 1. The van der Waals surface area contributed by atoms with Crippen LogP contribution in [0.4, 0.5) is 0 Å². The van der Waals surface area contributed by atoms with Gasteiger partial charge in [-0.3, -0.25) is 4.79 Å². The lowest BCUT2D eigenvalue weighted by atomic mass is 10.1. The molecule has 0 aliphatic rings. The van der Waals surface area contributed by atoms with E-state index in [0.29, 0.717) is 11.3 Å². The van der Waals surface area contributed by atoms with Gasteiger partial charge in [-0.25, -0.2) is 4.98 Å². The van der Waals surface area contributed by atoms with E-state index in [1.165, 1.54) is 0 Å². The van der Waals surface area contributed by atoms with Gasteiger partial charge in [-0.15, -0.1) is 0 Å². The highest BCUT2D eigenvalue weighted by molar-refractivity contribution is 6.09. The molecule has 2 nitrogen and oxygen atoms in total. The van der Waals surface area contributed by atoms with E-state index in [2.05, 4.69) is 16.8 Å². The molecule has 2 rings (SSSR count). The molecular formula is C14H9NO. The lowest BCUT2D eigenvalue weighted by Crippen LogP contribution is -1.94. The third-order valence-electron chi connectivity index (χ3n) is 2.00. The van der Waals surface area contributed by atoms with E-state index in [9.17, 15) is 4.79 Å². The zero-order valence-corrected chi connectivity index (χ0v) is 8.55. The van der Waals surface area contributed by atoms with Crippen LogP contribution in [0.2, 0.25) is 0 Å². The fourth-order valence-electron chi connectivity index (χ4n) is 1.22. The summed E-state index contributed by atoms with van der Waals surface area (Å²) in [5.41, 5.74) is 1.21. The zero-order chi connectivity index (χ0) is 11.2. The first kappa shape index (κ1) is 10.1. The molecule has 0 bridgehead atoms. The fraction of sp³-hybridized carbons (Fsp3) is 0. The van der Waals surface area contributed by atoms with Gasteiger partial charge in [0.15, 0.2) is 0 Å². The molecule has 0 spiro atoms. The van der Waals surface area contributed by atoms with Crippen LogP contribution in [0.1, 0.15) is 16.1 Å². The van der Waals surface area contributed by atoms with Crippen molar-refractivity contribution in [3.63, 3.8) is 0 Å². The molecule has 2 aromatic rings. The number of hydrogen-bond donors (Lipinski definition) is 0. The summed E-state index contributed by atoms with van der Waals surface area (Å²) in [6, 6.07) is 14.4. The lowest BCUT2D eigenvalue weighted by molar-refractivity contribution is 0.105. The minimum atomic E-state index is -0.189. The normalized spacial score (nSPS) is 9.00. The first-order chi connectivity index (χ1) is 7.86. The molecule has 0 unspecified atom stereocenters. The maximum absolute atomic E-state index is 11.6. The Morgan fingerprint density at radius 1 is 1.00 bits per heavy atom. The Balaban J connectivity index is 2.18. The predicted molar refractivity (Wildman–Crippen MR) is 61.9 cm³/mol. The van der Waals surface area contributed by atoms with Crippen molar-refractivity contribution in [2.75, 3.05) is 0 Å². The van der Waals surface area contributed by atoms with Crippen molar-refractivity contribution in [1.82, 2.24) is 4.98 Å². The number of aromatic nitrogens is 1. The van der Waals surface area contributed by atoms with Crippen LogP contribution in [-0.4, -0.2) is 10.8 Å². The summed E-state index contributed by atoms with van der Waals surface area (Å²) in [7, 11) is 0. The predicted octanol–water partition coefficient (Wildman–Crippen LogP) is 2.32. The van der Waals surface area contributed by atoms with Crippen LogP contribution < -0.4 is 0 Å². The molecule has 2 heteroatoms. The molecule has 0 saturated heterocycles. The SMILES string of the molecule is O=C(C#Cc1ccccn1)c1ccccc1. The molecule has 0 N–H and O–H groups in total. The molecule has 1 aromatic carbocycles. The summed E-state index contributed by atoms with van der Waals surface area (Å²) in [5.74, 6) is 5.11. The van der Waals surface area contributed by atoms with Gasteiger partial charge in [0.2, 0.25) is 5.78 Å². The number of Topliss-reactive ketones (excluding diaryl/α,β-unsaturated/α-hetero) is 1. The maximum Gasteiger partial charge on any atom is 0.236 e. The van der Waals surface area contributed by atoms with Crippen molar-refractivity contribution in [3.8, 4) is 11.8 Å². The van der Waals surface area contributed by atoms with Gasteiger partial charge in [0.25, 0.3) is 0 Å². The van der Waals surface area contributed by atoms with Gasteiger partial charge in [0.1, 0.15) is 5.69 Å². The molecule has 0 aliphatic carbocycles. The van der Waals surface area contributed by atoms with Crippen LogP contribution in [0, 0.1) is 11.8 Å². The number of pyridine rings is 1. The van der Waals surface area contributed by atoms with Gasteiger partial charge in [-0.05, 0) is 24.0 Å². The van der Waals surface area contributed by atoms with Crippen LogP contribution in [-0.2, 0) is 0 Å². The molecule has 76 valence electrons. The van der Waals surface area contributed by atoms with E-state index < -0.39 is 0 Å². The number of ketones is 1. The van der Waals surface area contributed by atoms with E-state index in [1.807, 2.05) is 30.3 Å². The number of benzene rings is 1. The highest BCUT2D eigenvalue weighted by atomic mass is 16.1. The molecule has 1 aromatic heterocycles. The van der Waals surface area contributed by atoms with Gasteiger partial charge in [-0.2, -0.15) is 0 Å². The van der Waals surface area contributed by atoms with Gasteiger partial charge in [0, 0.05) is 11.8 Å². The van der Waals surface area contributed by atoms with Crippen LogP contribution in [0.3, 0.4) is 0 Å². The lowest BCUT2D eigenvalue weighted by Gasteiger charge is -1.90. The quantitative estimate of drug-likeness (QED) is 0.530. The average molecular weight is 207 g/mol. The fourth-order valence-corrected chi connectivity index (χ4v) is 1.22. The number of carbonyl (C=O) groups is 1. The van der Waals surface area contributed by atoms with E-state index in [1.54, 1.807) is 24.4 Å². The third-order valence-corrected chi connectivity index (χ3v) is 2.00. The molecule has 0 aliphatic heterocycles. The summed E-state index contributed by atoms with van der Waals surface area (Å²) in [5, 5.41) is 0. The van der Waals surface area contributed by atoms with Gasteiger partial charge < -0.3 is 0 Å². The van der Waals surface area contributed by atoms with E-state index in [0.717, 1.165) is 0 Å². The Morgan fingerprint density at radius 3 is 2.44 bits per heavy atom. The van der Waals surface area contributed by atoms with E-state index in [4.69, 9.17) is 0 Å². The highest BCUT2D eigenvalue weighted by Gasteiger charge is 1.98. The molecule has 0 radical (unpaired) electrons. The van der Waals surface area contributed by atoms with Crippen LogP contribution in [0.25, 0.3) is 0 Å². The minimum absolute atomic E-state index is 0.189. The average Bonchev–Trinajstić information content (AvgIpc) is 2.38. The Bertz CT molecular complexity index is 535. The molecule has 0 amide bonds. The van der Waals surface area contributed by atoms with Crippen molar-refractivity contribution < 1.29 is 4.79 Å². The monoisotopic (exact) mass is 207 g/mol. The number of hydrogen-bond acceptors (Lipinski definition) is 2. The van der Waals surface area contributed by atoms with Gasteiger partial charge in [-0.1, -0.05) is 36.4 Å². The van der Waals surface area contributed by atoms with E-state index in [-0.39, 0.29) is 5.78 Å². The van der Waals surface area contributed by atoms with Crippen LogP contribution in [0.5, 0.6) is 0 Å². The van der Waals surface area contributed by atoms with Gasteiger partial charge in [0.05, 0.1) is 0 Å². The third kappa shape index (κ3) is 2.55. The second-order valence-electron chi connectivity index (χ2n) is 3.16. The molecule has 1 heterocycles. The highest BCUT2D eigenvalue weighted by Crippen LogP contribution is 1.99. The standard InChI is InChI=1S/C14H9NO/c16-14(12-6-2-1-3-7-12)10-9-13-8-4-5-11-15-13/h1-8,11H. The molecule has 0 atom stereocenters. The van der Waals surface area contributed by atoms with Crippen molar-refractivity contribution in [3.05, 3.63) is 66.0 Å². The summed E-state index contributed by atoms with van der Waals surface area (Å²) in [6.45, 7) is 0. The summed E-state index contributed by atoms with van der Waals surface area (Å²) >= 11 is 0. The minimum Gasteiger partial charge on any atom is -0.279 e. The second kappa shape index (κ2) is 4.90. The molecule has 0 fully saturated rings. The Labute approximate surface area is 94.0 Å². The summed E-state index contributed by atoms with van der Waals surface area (Å²) in [6.07, 6.45) is 1.65. The number of rotatable bonds is 1. The summed E-state index contributed by atoms with van der Waals surface area (Å²) in [4.78, 5) is 15.6. The largest absolute Gasteiger partial charge is 0.279 e. The second-order valence-corrected chi connectivity index (χ2v) is 3.16. The zero-order valence-electron chi connectivity index (χ0n) is 8.55. The van der Waals surface area contributed by atoms with Gasteiger partial charge >= 0.3 is 0 Å². The van der Waals surface area contributed by atoms with Crippen molar-refractivity contribution >= 4 is 5.78 Å². The van der Waals surface area contributed by atoms with Crippen molar-refractivity contribution in [1.29, 1.82) is 0 Å². The van der Waals surface area contributed by atoms with Crippen LogP contribution >= 0.6 is 0 Å². The number of nitrogens with zero attached hydrogens (tertiary/aromatic N) is 1. The Morgan fingerprint density at radius 2 is 1.75 bits per heavy atom.